The van der Waals surface area contributed by atoms with E-state index in [1.165, 1.54) is 19.2 Å². The molecule has 5 nitrogen and oxygen atoms in total. The zero-order chi connectivity index (χ0) is 17.2. The van der Waals surface area contributed by atoms with Crippen LogP contribution in [0.25, 0.3) is 11.3 Å². The summed E-state index contributed by atoms with van der Waals surface area (Å²) in [7, 11) is -2.22. The van der Waals surface area contributed by atoms with Gasteiger partial charge in [0.15, 0.2) is 5.76 Å². The molecule has 0 radical (unpaired) electrons. The molecule has 0 aliphatic rings. The molecule has 0 atom stereocenters. The minimum absolute atomic E-state index is 0.126. The third kappa shape index (κ3) is 2.80. The van der Waals surface area contributed by atoms with Crippen molar-refractivity contribution in [1.82, 2.24) is 5.16 Å². The van der Waals surface area contributed by atoms with Crippen LogP contribution in [-0.2, 0) is 16.3 Å². The third-order valence-corrected chi connectivity index (χ3v) is 5.57. The van der Waals surface area contributed by atoms with Crippen molar-refractivity contribution >= 4 is 9.84 Å². The van der Waals surface area contributed by atoms with Crippen LogP contribution in [0.15, 0.2) is 68.9 Å². The zero-order valence-electron chi connectivity index (χ0n) is 13.4. The van der Waals surface area contributed by atoms with E-state index in [9.17, 15) is 8.42 Å². The molecule has 124 valence electrons. The normalized spacial score (nSPS) is 11.4. The van der Waals surface area contributed by atoms with Crippen LogP contribution in [-0.4, -0.2) is 20.7 Å². The molecule has 0 bridgehead atoms. The monoisotopic (exact) mass is 343 g/mol. The Morgan fingerprint density at radius 2 is 1.71 bits per heavy atom. The second kappa shape index (κ2) is 6.49. The molecule has 2 aromatic carbocycles. The molecule has 0 saturated heterocycles. The second-order valence-corrected chi connectivity index (χ2v) is 7.07. The van der Waals surface area contributed by atoms with Gasteiger partial charge in [0, 0.05) is 12.0 Å². The van der Waals surface area contributed by atoms with Crippen LogP contribution >= 0.6 is 0 Å². The molecular weight excluding hydrogens is 326 g/mol. The summed E-state index contributed by atoms with van der Waals surface area (Å²) in [4.78, 5) is 0.305. The fourth-order valence-electron chi connectivity index (χ4n) is 2.47. The number of aryl methyl sites for hydroxylation is 1. The van der Waals surface area contributed by atoms with E-state index in [1.54, 1.807) is 12.1 Å². The van der Waals surface area contributed by atoms with Gasteiger partial charge >= 0.3 is 0 Å². The van der Waals surface area contributed by atoms with Gasteiger partial charge in [-0.05, 0) is 24.3 Å². The van der Waals surface area contributed by atoms with Crippen molar-refractivity contribution in [1.29, 1.82) is 0 Å². The number of ether oxygens (including phenoxy) is 1. The lowest BCUT2D eigenvalue weighted by Crippen LogP contribution is -2.05. The predicted octanol–water partition coefficient (Wildman–Crippen LogP) is 3.75. The highest BCUT2D eigenvalue weighted by molar-refractivity contribution is 7.91. The molecule has 1 aromatic heterocycles. The molecule has 0 N–H and O–H groups in total. The Morgan fingerprint density at radius 3 is 2.29 bits per heavy atom. The van der Waals surface area contributed by atoms with Gasteiger partial charge in [0.05, 0.1) is 12.0 Å². The van der Waals surface area contributed by atoms with Gasteiger partial charge in [0.1, 0.15) is 16.3 Å². The van der Waals surface area contributed by atoms with E-state index in [4.69, 9.17) is 9.26 Å². The molecular formula is C18H17NO4S. The fraction of sp³-hybridized carbons (Fsp3) is 0.167. The first-order chi connectivity index (χ1) is 11.6. The number of hydrogen-bond donors (Lipinski definition) is 0. The van der Waals surface area contributed by atoms with Crippen molar-refractivity contribution in [3.05, 3.63) is 60.4 Å². The summed E-state index contributed by atoms with van der Waals surface area (Å²) in [5, 5.41) is 4.00. The lowest BCUT2D eigenvalue weighted by molar-refractivity contribution is 0.384. The summed E-state index contributed by atoms with van der Waals surface area (Å²) in [5.41, 5.74) is 1.04. The van der Waals surface area contributed by atoms with Gasteiger partial charge in [-0.1, -0.05) is 42.4 Å². The number of benzene rings is 2. The largest absolute Gasteiger partial charge is 0.497 e. The molecule has 3 aromatic rings. The Kier molecular flexibility index (Phi) is 4.40. The summed E-state index contributed by atoms with van der Waals surface area (Å²) in [6.07, 6.45) is 0.435. The van der Waals surface area contributed by atoms with E-state index < -0.39 is 9.84 Å². The van der Waals surface area contributed by atoms with Crippen molar-refractivity contribution in [2.45, 2.75) is 23.1 Å². The van der Waals surface area contributed by atoms with Crippen molar-refractivity contribution < 1.29 is 17.7 Å². The van der Waals surface area contributed by atoms with Gasteiger partial charge in [0.2, 0.25) is 9.84 Å². The van der Waals surface area contributed by atoms with Crippen LogP contribution in [0.2, 0.25) is 0 Å². The third-order valence-electron chi connectivity index (χ3n) is 3.72. The van der Waals surface area contributed by atoms with Crippen LogP contribution in [0.4, 0.5) is 0 Å². The molecule has 0 saturated carbocycles. The molecule has 0 aliphatic heterocycles. The number of rotatable bonds is 5. The molecule has 24 heavy (non-hydrogen) atoms. The summed E-state index contributed by atoms with van der Waals surface area (Å²) < 4.78 is 36.6. The Hall–Kier alpha value is -2.60. The van der Waals surface area contributed by atoms with Crippen molar-refractivity contribution in [2.75, 3.05) is 7.11 Å². The Labute approximate surface area is 140 Å². The fourth-order valence-corrected chi connectivity index (χ4v) is 4.09. The Bertz CT molecular complexity index is 929. The highest BCUT2D eigenvalue weighted by atomic mass is 32.2. The lowest BCUT2D eigenvalue weighted by Gasteiger charge is -2.07. The first kappa shape index (κ1) is 16.3. The summed E-state index contributed by atoms with van der Waals surface area (Å²) in [5.74, 6) is 0.947. The smallest absolute Gasteiger partial charge is 0.212 e. The Balaban J connectivity index is 2.18. The lowest BCUT2D eigenvalue weighted by atomic mass is 10.1. The predicted molar refractivity (Wildman–Crippen MR) is 89.8 cm³/mol. The van der Waals surface area contributed by atoms with Gasteiger partial charge in [0.25, 0.3) is 0 Å². The number of methoxy groups -OCH3 is 1. The maximum atomic E-state index is 13.1. The highest BCUT2D eigenvalue weighted by Crippen LogP contribution is 2.34. The second-order valence-electron chi connectivity index (χ2n) is 5.18. The van der Waals surface area contributed by atoms with Gasteiger partial charge in [-0.15, -0.1) is 0 Å². The maximum Gasteiger partial charge on any atom is 0.212 e. The molecule has 0 aliphatic carbocycles. The van der Waals surface area contributed by atoms with E-state index in [-0.39, 0.29) is 9.79 Å². The van der Waals surface area contributed by atoms with Crippen LogP contribution in [0.1, 0.15) is 12.7 Å². The number of aromatic nitrogens is 1. The summed E-state index contributed by atoms with van der Waals surface area (Å²) in [6, 6.07) is 15.4. The molecule has 0 amide bonds. The molecule has 0 spiro atoms. The number of hydrogen-bond acceptors (Lipinski definition) is 5. The van der Waals surface area contributed by atoms with Crippen LogP contribution in [0, 0.1) is 0 Å². The molecule has 0 fully saturated rings. The van der Waals surface area contributed by atoms with Crippen LogP contribution in [0.3, 0.4) is 0 Å². The standard InChI is InChI=1S/C18H17NO4S/c1-3-16-18(17(19-23-16)13-7-5-4-6-8-13)24(20,21)15-11-9-14(22-2)10-12-15/h4-12H,3H2,1-2H3. The topological polar surface area (TPSA) is 69.4 Å². The van der Waals surface area contributed by atoms with Crippen LogP contribution < -0.4 is 4.74 Å². The van der Waals surface area contributed by atoms with E-state index in [0.717, 1.165) is 0 Å². The molecule has 0 unspecified atom stereocenters. The van der Waals surface area contributed by atoms with Crippen LogP contribution in [0.5, 0.6) is 5.75 Å². The number of sulfone groups is 1. The average molecular weight is 343 g/mol. The zero-order valence-corrected chi connectivity index (χ0v) is 14.2. The minimum Gasteiger partial charge on any atom is -0.497 e. The quantitative estimate of drug-likeness (QED) is 0.706. The van der Waals surface area contributed by atoms with Gasteiger partial charge in [-0.25, -0.2) is 8.42 Å². The first-order valence-corrected chi connectivity index (χ1v) is 8.99. The maximum absolute atomic E-state index is 13.1. The van der Waals surface area contributed by atoms with E-state index in [1.807, 2.05) is 37.3 Å². The Morgan fingerprint density at radius 1 is 1.04 bits per heavy atom. The molecule has 1 heterocycles. The molecule has 3 rings (SSSR count). The van der Waals surface area contributed by atoms with Gasteiger partial charge < -0.3 is 9.26 Å². The van der Waals surface area contributed by atoms with Crippen molar-refractivity contribution in [2.24, 2.45) is 0 Å². The molecule has 6 heteroatoms. The van der Waals surface area contributed by atoms with Gasteiger partial charge in [-0.2, -0.15) is 0 Å². The first-order valence-electron chi connectivity index (χ1n) is 7.51. The van der Waals surface area contributed by atoms with Crippen molar-refractivity contribution in [3.8, 4) is 17.0 Å². The van der Waals surface area contributed by atoms with Crippen molar-refractivity contribution in [3.63, 3.8) is 0 Å². The summed E-state index contributed by atoms with van der Waals surface area (Å²) >= 11 is 0. The average Bonchev–Trinajstić information content (AvgIpc) is 3.07. The van der Waals surface area contributed by atoms with E-state index >= 15 is 0 Å². The SMILES string of the molecule is CCc1onc(-c2ccccc2)c1S(=O)(=O)c1ccc(OC)cc1. The van der Waals surface area contributed by atoms with Gasteiger partial charge in [-0.3, -0.25) is 0 Å². The van der Waals surface area contributed by atoms with E-state index in [2.05, 4.69) is 5.16 Å². The minimum atomic E-state index is -3.75. The summed E-state index contributed by atoms with van der Waals surface area (Å²) in [6.45, 7) is 1.84. The highest BCUT2D eigenvalue weighted by Gasteiger charge is 2.30. The number of nitrogens with zero attached hydrogens (tertiary/aromatic N) is 1. The van der Waals surface area contributed by atoms with E-state index in [0.29, 0.717) is 29.2 Å².